The van der Waals surface area contributed by atoms with Gasteiger partial charge >= 0.3 is 0 Å². The number of aryl methyl sites for hydroxylation is 1. The van der Waals surface area contributed by atoms with E-state index in [-0.39, 0.29) is 19.1 Å². The van der Waals surface area contributed by atoms with E-state index in [1.54, 1.807) is 12.1 Å². The van der Waals surface area contributed by atoms with Gasteiger partial charge in [-0.25, -0.2) is 0 Å². The first-order valence-corrected chi connectivity index (χ1v) is 6.60. The average Bonchev–Trinajstić information content (AvgIpc) is 2.50. The molecular weight excluding hydrogens is 270 g/mol. The van der Waals surface area contributed by atoms with E-state index in [1.807, 2.05) is 25.1 Å². The van der Waals surface area contributed by atoms with Crippen LogP contribution in [0.15, 0.2) is 18.2 Å². The van der Waals surface area contributed by atoms with Crippen molar-refractivity contribution in [1.82, 2.24) is 5.32 Å². The Morgan fingerprint density at radius 2 is 2.05 bits per heavy atom. The summed E-state index contributed by atoms with van der Waals surface area (Å²) in [6.45, 7) is 2.31. The molecule has 1 aromatic rings. The van der Waals surface area contributed by atoms with Crippen LogP contribution >= 0.6 is 0 Å². The summed E-state index contributed by atoms with van der Waals surface area (Å²) >= 11 is 0. The lowest BCUT2D eigenvalue weighted by Crippen LogP contribution is -2.23. The number of nitrogens with one attached hydrogen (secondary N) is 1. The maximum absolute atomic E-state index is 11.4. The van der Waals surface area contributed by atoms with Crippen molar-refractivity contribution in [3.05, 3.63) is 23.8 Å². The molecule has 0 fully saturated rings. The molecule has 0 aliphatic rings. The van der Waals surface area contributed by atoms with Crippen molar-refractivity contribution in [2.45, 2.75) is 19.8 Å². The van der Waals surface area contributed by atoms with Gasteiger partial charge in [0, 0.05) is 6.42 Å². The fourth-order valence-electron chi connectivity index (χ4n) is 1.69. The third kappa shape index (κ3) is 5.84. The van der Waals surface area contributed by atoms with Crippen LogP contribution in [0.5, 0.6) is 11.5 Å². The third-order valence-electron chi connectivity index (χ3n) is 2.61. The van der Waals surface area contributed by atoms with Crippen molar-refractivity contribution in [2.24, 2.45) is 0 Å². The van der Waals surface area contributed by atoms with Gasteiger partial charge in [0.1, 0.15) is 12.6 Å². The predicted octanol–water partition coefficient (Wildman–Crippen LogP) is 1.56. The summed E-state index contributed by atoms with van der Waals surface area (Å²) in [5, 5.41) is 19.4. The summed E-state index contributed by atoms with van der Waals surface area (Å²) in [7, 11) is 0. The zero-order chi connectivity index (χ0) is 15.5. The van der Waals surface area contributed by atoms with E-state index in [2.05, 4.69) is 5.32 Å². The van der Waals surface area contributed by atoms with E-state index < -0.39 is 0 Å². The lowest BCUT2D eigenvalue weighted by molar-refractivity contribution is -0.120. The normalized spacial score (nSPS) is 9.29. The minimum Gasteiger partial charge on any atom is -0.490 e. The van der Waals surface area contributed by atoms with Crippen molar-refractivity contribution >= 4 is 5.91 Å². The molecule has 1 amide bonds. The highest BCUT2D eigenvalue weighted by Gasteiger charge is 2.08. The molecule has 0 saturated heterocycles. The summed E-state index contributed by atoms with van der Waals surface area (Å²) in [5.41, 5.74) is 0.926. The fraction of sp³-hybridized carbons (Fsp3) is 0.400. The van der Waals surface area contributed by atoms with Gasteiger partial charge in [-0.3, -0.25) is 4.79 Å². The van der Waals surface area contributed by atoms with E-state index in [1.165, 1.54) is 0 Å². The number of nitrogens with zero attached hydrogens (tertiary/aromatic N) is 2. The van der Waals surface area contributed by atoms with Crippen molar-refractivity contribution in [3.8, 4) is 23.6 Å². The van der Waals surface area contributed by atoms with Crippen LogP contribution < -0.4 is 14.8 Å². The highest BCUT2D eigenvalue weighted by molar-refractivity contribution is 5.76. The number of hydrogen-bond acceptors (Lipinski definition) is 5. The topological polar surface area (TPSA) is 95.1 Å². The Kier molecular flexibility index (Phi) is 7.17. The standard InChI is InChI=1S/C15H17N3O3/c1-2-20-14-11-12(3-5-13(14)21-10-8-17)4-6-15(19)18-9-7-16/h3,5,11H,2,4,6,9-10H2,1H3,(H,18,19). The average molecular weight is 287 g/mol. The molecule has 6 nitrogen and oxygen atoms in total. The van der Waals surface area contributed by atoms with Crippen LogP contribution in [-0.2, 0) is 11.2 Å². The largest absolute Gasteiger partial charge is 0.490 e. The molecule has 0 aliphatic heterocycles. The van der Waals surface area contributed by atoms with Gasteiger partial charge in [0.25, 0.3) is 0 Å². The Labute approximate surface area is 123 Å². The second kappa shape index (κ2) is 9.22. The van der Waals surface area contributed by atoms with E-state index >= 15 is 0 Å². The molecule has 0 saturated carbocycles. The van der Waals surface area contributed by atoms with Crippen LogP contribution in [0.4, 0.5) is 0 Å². The second-order valence-corrected chi connectivity index (χ2v) is 4.10. The smallest absolute Gasteiger partial charge is 0.221 e. The number of benzene rings is 1. The molecule has 0 heterocycles. The van der Waals surface area contributed by atoms with Crippen molar-refractivity contribution < 1.29 is 14.3 Å². The van der Waals surface area contributed by atoms with Crippen LogP contribution in [0.3, 0.4) is 0 Å². The lowest BCUT2D eigenvalue weighted by Gasteiger charge is -2.11. The van der Waals surface area contributed by atoms with Crippen molar-refractivity contribution in [2.75, 3.05) is 19.8 Å². The first kappa shape index (κ1) is 16.3. The fourth-order valence-corrected chi connectivity index (χ4v) is 1.69. The molecule has 0 unspecified atom stereocenters. The van der Waals surface area contributed by atoms with Crippen molar-refractivity contribution in [1.29, 1.82) is 10.5 Å². The van der Waals surface area contributed by atoms with Gasteiger partial charge in [-0.1, -0.05) is 6.07 Å². The number of hydrogen-bond donors (Lipinski definition) is 1. The number of rotatable bonds is 8. The van der Waals surface area contributed by atoms with Crippen molar-refractivity contribution in [3.63, 3.8) is 0 Å². The van der Waals surface area contributed by atoms with Gasteiger partial charge < -0.3 is 14.8 Å². The number of carbonyl (C=O) groups excluding carboxylic acids is 1. The van der Waals surface area contributed by atoms with Gasteiger partial charge in [-0.05, 0) is 31.0 Å². The van der Waals surface area contributed by atoms with Gasteiger partial charge in [-0.15, -0.1) is 0 Å². The highest BCUT2D eigenvalue weighted by atomic mass is 16.5. The molecule has 0 aliphatic carbocycles. The quantitative estimate of drug-likeness (QED) is 0.732. The van der Waals surface area contributed by atoms with Gasteiger partial charge in [0.05, 0.1) is 12.7 Å². The first-order chi connectivity index (χ1) is 10.2. The highest BCUT2D eigenvalue weighted by Crippen LogP contribution is 2.28. The molecule has 21 heavy (non-hydrogen) atoms. The number of ether oxygens (including phenoxy) is 2. The van der Waals surface area contributed by atoms with Gasteiger partial charge in [0.15, 0.2) is 18.1 Å². The van der Waals surface area contributed by atoms with Crippen LogP contribution in [-0.4, -0.2) is 25.7 Å². The van der Waals surface area contributed by atoms with E-state index in [0.29, 0.717) is 30.9 Å². The summed E-state index contributed by atoms with van der Waals surface area (Å²) in [4.78, 5) is 11.4. The Morgan fingerprint density at radius 1 is 1.24 bits per heavy atom. The monoisotopic (exact) mass is 287 g/mol. The SMILES string of the molecule is CCOc1cc(CCC(=O)NCC#N)ccc1OCC#N. The zero-order valence-electron chi connectivity index (χ0n) is 11.9. The molecule has 0 radical (unpaired) electrons. The number of nitriles is 2. The molecule has 0 bridgehead atoms. The zero-order valence-corrected chi connectivity index (χ0v) is 11.9. The van der Waals surface area contributed by atoms with Gasteiger partial charge in [-0.2, -0.15) is 10.5 Å². The second-order valence-electron chi connectivity index (χ2n) is 4.10. The molecule has 0 spiro atoms. The molecule has 1 rings (SSSR count). The molecule has 0 aromatic heterocycles. The van der Waals surface area contributed by atoms with Gasteiger partial charge in [0.2, 0.25) is 5.91 Å². The maximum Gasteiger partial charge on any atom is 0.221 e. The molecule has 1 aromatic carbocycles. The first-order valence-electron chi connectivity index (χ1n) is 6.60. The van der Waals surface area contributed by atoms with Crippen LogP contribution in [0.1, 0.15) is 18.9 Å². The summed E-state index contributed by atoms with van der Waals surface area (Å²) in [6, 6.07) is 9.11. The van der Waals surface area contributed by atoms with Crippen LogP contribution in [0, 0.1) is 22.7 Å². The van der Waals surface area contributed by atoms with E-state index in [4.69, 9.17) is 20.0 Å². The van der Waals surface area contributed by atoms with E-state index in [0.717, 1.165) is 5.56 Å². The third-order valence-corrected chi connectivity index (χ3v) is 2.61. The number of carbonyl (C=O) groups is 1. The Hall–Kier alpha value is -2.73. The maximum atomic E-state index is 11.4. The predicted molar refractivity (Wildman–Crippen MR) is 75.7 cm³/mol. The Bertz CT molecular complexity index is 558. The lowest BCUT2D eigenvalue weighted by atomic mass is 10.1. The number of amides is 1. The molecule has 6 heteroatoms. The minimum atomic E-state index is -0.167. The van der Waals surface area contributed by atoms with Crippen LogP contribution in [0.2, 0.25) is 0 Å². The molecule has 1 N–H and O–H groups in total. The Morgan fingerprint density at radius 3 is 2.71 bits per heavy atom. The summed E-state index contributed by atoms with van der Waals surface area (Å²) < 4.78 is 10.7. The summed E-state index contributed by atoms with van der Waals surface area (Å²) in [6.07, 6.45) is 0.835. The molecule has 110 valence electrons. The van der Waals surface area contributed by atoms with Crippen LogP contribution in [0.25, 0.3) is 0 Å². The molecular formula is C15H17N3O3. The summed E-state index contributed by atoms with van der Waals surface area (Å²) in [5.74, 6) is 0.901. The Balaban J connectivity index is 2.67. The van der Waals surface area contributed by atoms with E-state index in [9.17, 15) is 4.79 Å². The minimum absolute atomic E-state index is 0.0178. The molecule has 0 atom stereocenters.